The number of carbonyl (C=O) groups is 2. The Morgan fingerprint density at radius 1 is 1.29 bits per heavy atom. The summed E-state index contributed by atoms with van der Waals surface area (Å²) in [5.41, 5.74) is -2.49. The van der Waals surface area contributed by atoms with Crippen LogP contribution in [0.15, 0.2) is 0 Å². The molecule has 7 nitrogen and oxygen atoms in total. The highest BCUT2D eigenvalue weighted by Crippen LogP contribution is 2.65. The molecular formula is C17H25NO6. The van der Waals surface area contributed by atoms with E-state index >= 15 is 0 Å². The normalized spacial score (nSPS) is 39.7. The van der Waals surface area contributed by atoms with Crippen molar-refractivity contribution in [3.05, 3.63) is 10.1 Å². The summed E-state index contributed by atoms with van der Waals surface area (Å²) >= 11 is 0. The summed E-state index contributed by atoms with van der Waals surface area (Å²) in [5.74, 6) is -0.848. The highest BCUT2D eigenvalue weighted by Gasteiger charge is 2.76. The molecule has 2 saturated carbocycles. The lowest BCUT2D eigenvalue weighted by atomic mass is 9.66. The van der Waals surface area contributed by atoms with E-state index in [0.717, 1.165) is 19.3 Å². The second kappa shape index (κ2) is 5.43. The molecule has 0 amide bonds. The zero-order chi connectivity index (χ0) is 17.8. The van der Waals surface area contributed by atoms with Gasteiger partial charge in [-0.25, -0.2) is 4.79 Å². The van der Waals surface area contributed by atoms with Gasteiger partial charge >= 0.3 is 11.9 Å². The fourth-order valence-electron chi connectivity index (χ4n) is 4.77. The van der Waals surface area contributed by atoms with Gasteiger partial charge < -0.3 is 9.47 Å². The van der Waals surface area contributed by atoms with Gasteiger partial charge in [0.15, 0.2) is 0 Å². The molecule has 0 aromatic rings. The van der Waals surface area contributed by atoms with E-state index in [1.165, 1.54) is 0 Å². The van der Waals surface area contributed by atoms with Crippen LogP contribution < -0.4 is 0 Å². The van der Waals surface area contributed by atoms with Crippen LogP contribution in [0.3, 0.4) is 0 Å². The molecule has 4 atom stereocenters. The quantitative estimate of drug-likeness (QED) is 0.433. The summed E-state index contributed by atoms with van der Waals surface area (Å²) < 4.78 is 11.0. The predicted molar refractivity (Wildman–Crippen MR) is 83.6 cm³/mol. The minimum Gasteiger partial charge on any atom is -0.462 e. The first-order chi connectivity index (χ1) is 11.1. The smallest absolute Gasteiger partial charge is 0.351 e. The molecule has 7 heteroatoms. The maximum Gasteiger partial charge on any atom is 0.351 e. The fourth-order valence-corrected chi connectivity index (χ4v) is 4.77. The van der Waals surface area contributed by atoms with E-state index in [9.17, 15) is 19.7 Å². The van der Waals surface area contributed by atoms with Crippen LogP contribution in [0.5, 0.6) is 0 Å². The second-order valence-corrected chi connectivity index (χ2v) is 8.24. The van der Waals surface area contributed by atoms with E-state index in [-0.39, 0.29) is 35.9 Å². The number of ether oxygens (including phenoxy) is 2. The highest BCUT2D eigenvalue weighted by atomic mass is 16.6. The summed E-state index contributed by atoms with van der Waals surface area (Å²) in [6.45, 7) is 5.71. The van der Waals surface area contributed by atoms with Crippen LogP contribution >= 0.6 is 0 Å². The Morgan fingerprint density at radius 3 is 2.50 bits per heavy atom. The van der Waals surface area contributed by atoms with Gasteiger partial charge in [0.1, 0.15) is 0 Å². The zero-order valence-corrected chi connectivity index (χ0v) is 14.5. The maximum atomic E-state index is 12.8. The molecule has 2 aliphatic carbocycles. The highest BCUT2D eigenvalue weighted by molar-refractivity contribution is 5.93. The average Bonchev–Trinajstić information content (AvgIpc) is 3.05. The molecular weight excluding hydrogens is 314 g/mol. The monoisotopic (exact) mass is 339 g/mol. The molecule has 24 heavy (non-hydrogen) atoms. The molecule has 1 saturated heterocycles. The molecule has 0 radical (unpaired) electrons. The number of nitrogens with zero attached hydrogens (tertiary/aromatic N) is 1. The Morgan fingerprint density at radius 2 is 1.96 bits per heavy atom. The summed E-state index contributed by atoms with van der Waals surface area (Å²) in [7, 11) is 0. The molecule has 0 aromatic carbocycles. The van der Waals surface area contributed by atoms with Crippen LogP contribution in [0.1, 0.15) is 52.9 Å². The van der Waals surface area contributed by atoms with Crippen LogP contribution in [0, 0.1) is 32.8 Å². The molecule has 1 aliphatic heterocycles. The molecule has 3 rings (SSSR count). The standard InChI is InChI=1S/C17H25NO6/c1-15(2)16(3)7-8-17(15,24-13(16)19)14(20)23-10-12-6-4-5-11(12)9-18(21)22/h11-12H,4-10H2,1-3H3/t11-,12+,16-,17+/m0/s1. The van der Waals surface area contributed by atoms with E-state index in [1.807, 2.05) is 20.8 Å². The molecule has 3 aliphatic rings. The van der Waals surface area contributed by atoms with Gasteiger partial charge in [-0.2, -0.15) is 0 Å². The molecule has 0 aromatic heterocycles. The van der Waals surface area contributed by atoms with Crippen molar-refractivity contribution in [2.24, 2.45) is 22.7 Å². The minimum atomic E-state index is -1.21. The Labute approximate surface area is 141 Å². The van der Waals surface area contributed by atoms with Crippen LogP contribution in [0.25, 0.3) is 0 Å². The Kier molecular flexibility index (Phi) is 3.88. The molecule has 0 spiro atoms. The van der Waals surface area contributed by atoms with Gasteiger partial charge in [0.2, 0.25) is 12.1 Å². The molecule has 0 unspecified atom stereocenters. The summed E-state index contributed by atoms with van der Waals surface area (Å²) in [5, 5.41) is 10.7. The Hall–Kier alpha value is -1.66. The van der Waals surface area contributed by atoms with E-state index in [0.29, 0.717) is 12.8 Å². The summed E-state index contributed by atoms with van der Waals surface area (Å²) in [6.07, 6.45) is 3.64. The van der Waals surface area contributed by atoms with Crippen molar-refractivity contribution in [1.82, 2.24) is 0 Å². The SMILES string of the molecule is CC1(C)[C@@]2(C)CC[C@]1(C(=O)OC[C@H]1CCC[C@H]1C[N+](=O)[O-])OC2=O. The lowest BCUT2D eigenvalue weighted by Gasteiger charge is -2.34. The third-order valence-electron chi connectivity index (χ3n) is 7.04. The van der Waals surface area contributed by atoms with Gasteiger partial charge in [-0.05, 0) is 32.6 Å². The number of carbonyl (C=O) groups excluding carboxylic acids is 2. The van der Waals surface area contributed by atoms with Gasteiger partial charge in [0.25, 0.3) is 0 Å². The van der Waals surface area contributed by atoms with Crippen LogP contribution in [0.4, 0.5) is 0 Å². The van der Waals surface area contributed by atoms with Crippen molar-refractivity contribution in [2.45, 2.75) is 58.5 Å². The predicted octanol–water partition coefficient (Wildman–Crippen LogP) is 2.34. The minimum absolute atomic E-state index is 0.0174. The molecule has 1 heterocycles. The number of hydrogen-bond acceptors (Lipinski definition) is 6. The third-order valence-corrected chi connectivity index (χ3v) is 7.04. The molecule has 3 fully saturated rings. The zero-order valence-electron chi connectivity index (χ0n) is 14.5. The number of esters is 2. The van der Waals surface area contributed by atoms with Gasteiger partial charge in [-0.3, -0.25) is 14.9 Å². The Balaban J connectivity index is 1.68. The van der Waals surface area contributed by atoms with E-state index in [1.54, 1.807) is 0 Å². The summed E-state index contributed by atoms with van der Waals surface area (Å²) in [6, 6.07) is 0. The largest absolute Gasteiger partial charge is 0.462 e. The topological polar surface area (TPSA) is 95.7 Å². The lowest BCUT2D eigenvalue weighted by molar-refractivity contribution is -0.489. The first kappa shape index (κ1) is 17.2. The first-order valence-corrected chi connectivity index (χ1v) is 8.66. The van der Waals surface area contributed by atoms with Gasteiger partial charge in [0.05, 0.1) is 12.0 Å². The van der Waals surface area contributed by atoms with Crippen molar-refractivity contribution in [3.63, 3.8) is 0 Å². The Bertz CT molecular complexity index is 588. The van der Waals surface area contributed by atoms with Gasteiger partial charge in [-0.15, -0.1) is 0 Å². The van der Waals surface area contributed by atoms with Crippen molar-refractivity contribution >= 4 is 11.9 Å². The number of fused-ring (bicyclic) bond motifs is 2. The van der Waals surface area contributed by atoms with Crippen molar-refractivity contribution < 1.29 is 24.0 Å². The van der Waals surface area contributed by atoms with Crippen LogP contribution in [0.2, 0.25) is 0 Å². The van der Waals surface area contributed by atoms with Gasteiger partial charge in [-0.1, -0.05) is 20.3 Å². The van der Waals surface area contributed by atoms with E-state index in [2.05, 4.69) is 0 Å². The van der Waals surface area contributed by atoms with Crippen molar-refractivity contribution in [3.8, 4) is 0 Å². The fraction of sp³-hybridized carbons (Fsp3) is 0.882. The lowest BCUT2D eigenvalue weighted by Crippen LogP contribution is -2.49. The molecule has 2 bridgehead atoms. The van der Waals surface area contributed by atoms with Crippen molar-refractivity contribution in [2.75, 3.05) is 13.2 Å². The third kappa shape index (κ3) is 2.16. The van der Waals surface area contributed by atoms with Crippen LogP contribution in [-0.2, 0) is 19.1 Å². The number of rotatable bonds is 5. The van der Waals surface area contributed by atoms with Crippen LogP contribution in [-0.4, -0.2) is 35.6 Å². The first-order valence-electron chi connectivity index (χ1n) is 8.66. The molecule has 0 N–H and O–H groups in total. The number of nitro groups is 1. The average molecular weight is 339 g/mol. The second-order valence-electron chi connectivity index (χ2n) is 8.24. The van der Waals surface area contributed by atoms with E-state index in [4.69, 9.17) is 9.47 Å². The molecule has 134 valence electrons. The van der Waals surface area contributed by atoms with Gasteiger partial charge in [0, 0.05) is 22.2 Å². The van der Waals surface area contributed by atoms with Crippen molar-refractivity contribution in [1.29, 1.82) is 0 Å². The number of hydrogen-bond donors (Lipinski definition) is 0. The maximum absolute atomic E-state index is 12.8. The summed E-state index contributed by atoms with van der Waals surface area (Å²) in [4.78, 5) is 35.4. The van der Waals surface area contributed by atoms with E-state index < -0.39 is 22.4 Å².